The normalized spacial score (nSPS) is 20.4. The number of ether oxygens (including phenoxy) is 2. The Bertz CT molecular complexity index is 1510. The first kappa shape index (κ1) is 40.3. The van der Waals surface area contributed by atoms with Crippen molar-refractivity contribution in [2.24, 2.45) is 0 Å². The van der Waals surface area contributed by atoms with Crippen LogP contribution >= 0.6 is 0 Å². The van der Waals surface area contributed by atoms with Gasteiger partial charge in [-0.3, -0.25) is 18.9 Å². The molecule has 2 aromatic carbocycles. The Morgan fingerprint density at radius 3 is 2.20 bits per heavy atom. The molecule has 0 aromatic heterocycles. The molecular weight excluding hydrogens is 678 g/mol. The fraction of sp³-hybridized carbons (Fsp3) is 0.515. The van der Waals surface area contributed by atoms with E-state index in [1.807, 2.05) is 25.1 Å². The van der Waals surface area contributed by atoms with Crippen molar-refractivity contribution in [1.82, 2.24) is 10.2 Å². The van der Waals surface area contributed by atoms with Crippen LogP contribution in [0.3, 0.4) is 0 Å². The number of rotatable bonds is 20. The summed E-state index contributed by atoms with van der Waals surface area (Å²) >= 11 is 0. The molecule has 16 nitrogen and oxygen atoms in total. The second kappa shape index (κ2) is 19.9. The summed E-state index contributed by atoms with van der Waals surface area (Å²) in [6.07, 6.45) is -4.84. The van der Waals surface area contributed by atoms with Gasteiger partial charge in [0.25, 0.3) is 5.91 Å². The maximum atomic E-state index is 12.8. The van der Waals surface area contributed by atoms with Gasteiger partial charge in [0, 0.05) is 43.7 Å². The standard InChI is InChI=1S/C33H45N3O13S/c1-2-3-13-26(38)36(20-10-5-4-9-19-34-31(41)22-11-7-6-8-12-22)21-18-25(37)35-23-14-16-24(17-15-23)47-33-30(49-50(44,45)46)28(40)27(39)29(48-33)32(42)43/h6-8,11-12,14-17,27-30,33,39-40H,2-5,9-10,13,18-21H2,1H3,(H,34,41)(H,35,37)(H,42,43)(H,44,45,46)/t27-,28-,29+,30+,33+/m0/s1. The molecule has 1 fully saturated rings. The number of aliphatic hydroxyl groups is 2. The fourth-order valence-electron chi connectivity index (χ4n) is 5.11. The SMILES string of the molecule is CCCCC(=O)N(CCCCCCNC(=O)c1ccccc1)CCC(=O)Nc1ccc(O[C@@H]2O[C@@H](C(=O)O)[C@@H](O)[C@H](O)[C@H]2OS(=O)(=O)O)cc1. The lowest BCUT2D eigenvalue weighted by Crippen LogP contribution is -2.62. The molecule has 0 radical (unpaired) electrons. The number of unbranched alkanes of at least 4 members (excludes halogenated alkanes) is 4. The summed E-state index contributed by atoms with van der Waals surface area (Å²) in [7, 11) is -5.17. The highest BCUT2D eigenvalue weighted by molar-refractivity contribution is 7.80. The van der Waals surface area contributed by atoms with Crippen molar-refractivity contribution in [2.45, 2.75) is 89.0 Å². The zero-order chi connectivity index (χ0) is 36.7. The van der Waals surface area contributed by atoms with Crippen molar-refractivity contribution < 1.29 is 61.1 Å². The van der Waals surface area contributed by atoms with Crippen LogP contribution in [0.25, 0.3) is 0 Å². The quantitative estimate of drug-likeness (QED) is 0.0849. The second-order valence-electron chi connectivity index (χ2n) is 11.7. The monoisotopic (exact) mass is 723 g/mol. The number of carbonyl (C=O) groups excluding carboxylic acids is 3. The van der Waals surface area contributed by atoms with Gasteiger partial charge in [0.2, 0.25) is 18.1 Å². The number of benzene rings is 2. The Labute approximate surface area is 290 Å². The molecule has 1 aliphatic rings. The molecule has 6 N–H and O–H groups in total. The van der Waals surface area contributed by atoms with Crippen molar-refractivity contribution in [1.29, 1.82) is 0 Å². The first-order valence-electron chi connectivity index (χ1n) is 16.4. The molecular formula is C33H45N3O13S. The first-order chi connectivity index (χ1) is 23.8. The average Bonchev–Trinajstić information content (AvgIpc) is 3.08. The minimum absolute atomic E-state index is 0.0177. The van der Waals surface area contributed by atoms with Gasteiger partial charge >= 0.3 is 16.4 Å². The van der Waals surface area contributed by atoms with Gasteiger partial charge in [-0.1, -0.05) is 44.4 Å². The van der Waals surface area contributed by atoms with Gasteiger partial charge in [-0.15, -0.1) is 0 Å². The van der Waals surface area contributed by atoms with E-state index >= 15 is 0 Å². The molecule has 50 heavy (non-hydrogen) atoms. The van der Waals surface area contributed by atoms with E-state index in [1.54, 1.807) is 17.0 Å². The van der Waals surface area contributed by atoms with E-state index in [0.29, 0.717) is 30.8 Å². The second-order valence-corrected chi connectivity index (χ2v) is 12.7. The maximum absolute atomic E-state index is 12.8. The van der Waals surface area contributed by atoms with Crippen molar-refractivity contribution in [3.8, 4) is 5.75 Å². The number of hydrogen-bond acceptors (Lipinski definition) is 11. The highest BCUT2D eigenvalue weighted by atomic mass is 32.3. The smallest absolute Gasteiger partial charge is 0.397 e. The average molecular weight is 724 g/mol. The number of aliphatic carboxylic acids is 1. The highest BCUT2D eigenvalue weighted by Crippen LogP contribution is 2.28. The van der Waals surface area contributed by atoms with Crippen LogP contribution in [0.4, 0.5) is 5.69 Å². The van der Waals surface area contributed by atoms with Crippen LogP contribution in [0, 0.1) is 0 Å². The Balaban J connectivity index is 1.48. The number of nitrogens with one attached hydrogen (secondary N) is 2. The predicted molar refractivity (Wildman–Crippen MR) is 178 cm³/mol. The molecule has 2 aromatic rings. The highest BCUT2D eigenvalue weighted by Gasteiger charge is 2.51. The fourth-order valence-corrected chi connectivity index (χ4v) is 5.60. The summed E-state index contributed by atoms with van der Waals surface area (Å²) in [6.45, 7) is 3.26. The zero-order valence-electron chi connectivity index (χ0n) is 27.7. The Hall–Kier alpha value is -4.13. The zero-order valence-corrected chi connectivity index (χ0v) is 28.5. The van der Waals surface area contributed by atoms with E-state index in [4.69, 9.17) is 14.0 Å². The summed E-state index contributed by atoms with van der Waals surface area (Å²) in [5, 5.41) is 35.2. The number of hydrogen-bond donors (Lipinski definition) is 6. The largest absolute Gasteiger partial charge is 0.479 e. The molecule has 17 heteroatoms. The van der Waals surface area contributed by atoms with Crippen molar-refractivity contribution in [3.63, 3.8) is 0 Å². The van der Waals surface area contributed by atoms with Gasteiger partial charge in [-0.05, 0) is 55.7 Å². The molecule has 5 atom stereocenters. The number of carboxylic acid groups (broad SMARTS) is 1. The van der Waals surface area contributed by atoms with Crippen LogP contribution in [0.1, 0.15) is 68.6 Å². The van der Waals surface area contributed by atoms with Gasteiger partial charge in [-0.2, -0.15) is 8.42 Å². The number of anilines is 1. The minimum Gasteiger partial charge on any atom is -0.479 e. The first-order valence-corrected chi connectivity index (χ1v) is 17.7. The predicted octanol–water partition coefficient (Wildman–Crippen LogP) is 2.12. The lowest BCUT2D eigenvalue weighted by molar-refractivity contribution is -0.265. The van der Waals surface area contributed by atoms with Crippen LogP contribution in [0.15, 0.2) is 54.6 Å². The third-order valence-electron chi connectivity index (χ3n) is 7.79. The molecule has 1 heterocycles. The Morgan fingerprint density at radius 2 is 1.56 bits per heavy atom. The summed E-state index contributed by atoms with van der Waals surface area (Å²) in [5.41, 5.74) is 0.957. The molecule has 0 unspecified atom stereocenters. The summed E-state index contributed by atoms with van der Waals surface area (Å²) in [6, 6.07) is 14.5. The summed E-state index contributed by atoms with van der Waals surface area (Å²) in [5.74, 6) is -2.19. The molecule has 1 saturated heterocycles. The Kier molecular flexibility index (Phi) is 16.0. The van der Waals surface area contributed by atoms with E-state index in [-0.39, 0.29) is 36.4 Å². The molecule has 276 valence electrons. The number of aliphatic hydroxyl groups excluding tert-OH is 2. The van der Waals surface area contributed by atoms with E-state index in [9.17, 15) is 42.9 Å². The number of nitrogens with zero attached hydrogens (tertiary/aromatic N) is 1. The van der Waals surface area contributed by atoms with Gasteiger partial charge in [0.15, 0.2) is 12.2 Å². The lowest BCUT2D eigenvalue weighted by atomic mass is 9.99. The molecule has 0 saturated carbocycles. The third kappa shape index (κ3) is 13.3. The van der Waals surface area contributed by atoms with Crippen molar-refractivity contribution in [3.05, 3.63) is 60.2 Å². The van der Waals surface area contributed by atoms with E-state index in [2.05, 4.69) is 14.8 Å². The number of carboxylic acids is 1. The molecule has 0 spiro atoms. The van der Waals surface area contributed by atoms with Crippen LogP contribution in [-0.2, 0) is 33.7 Å². The topological polar surface area (TPSA) is 238 Å². The number of carbonyl (C=O) groups is 4. The van der Waals surface area contributed by atoms with Gasteiger partial charge in [0.05, 0.1) is 0 Å². The van der Waals surface area contributed by atoms with E-state index in [0.717, 1.165) is 38.5 Å². The van der Waals surface area contributed by atoms with Crippen LogP contribution < -0.4 is 15.4 Å². The maximum Gasteiger partial charge on any atom is 0.397 e. The van der Waals surface area contributed by atoms with Gasteiger partial charge in [-0.25, -0.2) is 8.98 Å². The van der Waals surface area contributed by atoms with Crippen LogP contribution in [0.5, 0.6) is 5.75 Å². The van der Waals surface area contributed by atoms with Crippen molar-refractivity contribution >= 4 is 39.8 Å². The number of amides is 3. The van der Waals surface area contributed by atoms with Crippen LogP contribution in [0.2, 0.25) is 0 Å². The summed E-state index contributed by atoms with van der Waals surface area (Å²) < 4.78 is 46.6. The van der Waals surface area contributed by atoms with Crippen LogP contribution in [-0.4, -0.2) is 107 Å². The van der Waals surface area contributed by atoms with Crippen molar-refractivity contribution in [2.75, 3.05) is 25.0 Å². The third-order valence-corrected chi connectivity index (χ3v) is 8.26. The molecule has 1 aliphatic heterocycles. The molecule has 3 amide bonds. The van der Waals surface area contributed by atoms with E-state index in [1.165, 1.54) is 24.3 Å². The van der Waals surface area contributed by atoms with Gasteiger partial charge < -0.3 is 40.3 Å². The molecule has 3 rings (SSSR count). The summed E-state index contributed by atoms with van der Waals surface area (Å²) in [4.78, 5) is 50.9. The van der Waals surface area contributed by atoms with Gasteiger partial charge in [0.1, 0.15) is 18.0 Å². The Morgan fingerprint density at radius 1 is 0.880 bits per heavy atom. The molecule has 0 bridgehead atoms. The molecule has 0 aliphatic carbocycles. The minimum atomic E-state index is -5.17. The lowest BCUT2D eigenvalue weighted by Gasteiger charge is -2.39. The van der Waals surface area contributed by atoms with E-state index < -0.39 is 47.1 Å².